The monoisotopic (exact) mass is 268 g/mol. The van der Waals surface area contributed by atoms with Crippen LogP contribution < -0.4 is 5.32 Å². The van der Waals surface area contributed by atoms with Crippen molar-refractivity contribution in [3.8, 4) is 0 Å². The van der Waals surface area contributed by atoms with E-state index in [0.717, 1.165) is 25.2 Å². The molecule has 100 valence electrons. The molecule has 1 aliphatic heterocycles. The second-order valence-electron chi connectivity index (χ2n) is 4.90. The lowest BCUT2D eigenvalue weighted by Gasteiger charge is -2.27. The first-order chi connectivity index (χ1) is 8.70. The second-order valence-corrected chi connectivity index (χ2v) is 5.34. The number of aliphatic hydroxyl groups excluding tert-OH is 1. The van der Waals surface area contributed by atoms with Crippen molar-refractivity contribution in [3.05, 3.63) is 34.9 Å². The molecule has 0 spiro atoms. The zero-order chi connectivity index (χ0) is 13.0. The Hall–Kier alpha value is -0.610. The van der Waals surface area contributed by atoms with E-state index < -0.39 is 6.10 Å². The number of aliphatic hydroxyl groups is 1. The fraction of sp³-hybridized carbons (Fsp3) is 0.571. The molecule has 2 rings (SSSR count). The van der Waals surface area contributed by atoms with Gasteiger partial charge in [0.1, 0.15) is 0 Å². The van der Waals surface area contributed by atoms with Gasteiger partial charge in [-0.25, -0.2) is 0 Å². The number of likely N-dealkylation sites (tertiary alicyclic amines) is 1. The molecule has 1 heterocycles. The molecule has 1 aromatic rings. The van der Waals surface area contributed by atoms with Crippen molar-refractivity contribution in [2.45, 2.75) is 25.0 Å². The minimum absolute atomic E-state index is 0.0431. The van der Waals surface area contributed by atoms with Gasteiger partial charge in [-0.2, -0.15) is 0 Å². The van der Waals surface area contributed by atoms with E-state index in [0.29, 0.717) is 5.02 Å². The molecule has 2 atom stereocenters. The third-order valence-electron chi connectivity index (χ3n) is 3.60. The van der Waals surface area contributed by atoms with Gasteiger partial charge in [-0.3, -0.25) is 0 Å². The molecule has 0 amide bonds. The van der Waals surface area contributed by atoms with E-state index in [1.165, 1.54) is 12.8 Å². The number of hydrogen-bond acceptors (Lipinski definition) is 3. The van der Waals surface area contributed by atoms with Gasteiger partial charge in [-0.05, 0) is 50.7 Å². The number of nitrogens with one attached hydrogen (secondary N) is 1. The van der Waals surface area contributed by atoms with Crippen LogP contribution in [-0.4, -0.2) is 42.7 Å². The molecule has 0 radical (unpaired) electrons. The first-order valence-electron chi connectivity index (χ1n) is 6.54. The van der Waals surface area contributed by atoms with Crippen LogP contribution in [0.5, 0.6) is 0 Å². The number of hydrogen-bond donors (Lipinski definition) is 2. The lowest BCUT2D eigenvalue weighted by molar-refractivity contribution is 0.111. The summed E-state index contributed by atoms with van der Waals surface area (Å²) < 4.78 is 0. The van der Waals surface area contributed by atoms with Crippen molar-refractivity contribution in [3.63, 3.8) is 0 Å². The molecule has 0 aliphatic carbocycles. The molecule has 18 heavy (non-hydrogen) atoms. The summed E-state index contributed by atoms with van der Waals surface area (Å²) in [6, 6.07) is 7.50. The Morgan fingerprint density at radius 2 is 2.11 bits per heavy atom. The van der Waals surface area contributed by atoms with E-state index in [2.05, 4.69) is 10.2 Å². The Kier molecular flexibility index (Phi) is 5.01. The molecule has 1 aliphatic rings. The van der Waals surface area contributed by atoms with Crippen LogP contribution in [0.15, 0.2) is 24.3 Å². The SMILES string of the molecule is CNC(CN1CCCC1)C(O)c1cccc(Cl)c1. The van der Waals surface area contributed by atoms with E-state index in [-0.39, 0.29) is 6.04 Å². The average Bonchev–Trinajstić information content (AvgIpc) is 2.88. The van der Waals surface area contributed by atoms with Crippen molar-refractivity contribution < 1.29 is 5.11 Å². The Morgan fingerprint density at radius 1 is 1.39 bits per heavy atom. The number of likely N-dealkylation sites (N-methyl/N-ethyl adjacent to an activating group) is 1. The first-order valence-corrected chi connectivity index (χ1v) is 6.91. The standard InChI is InChI=1S/C14H21ClN2O/c1-16-13(10-17-7-2-3-8-17)14(18)11-5-4-6-12(15)9-11/h4-6,9,13-14,16,18H,2-3,7-8,10H2,1H3. The predicted octanol–water partition coefficient (Wildman–Crippen LogP) is 2.06. The van der Waals surface area contributed by atoms with E-state index in [1.807, 2.05) is 31.3 Å². The van der Waals surface area contributed by atoms with Crippen LogP contribution in [0.1, 0.15) is 24.5 Å². The topological polar surface area (TPSA) is 35.5 Å². The predicted molar refractivity (Wildman–Crippen MR) is 74.9 cm³/mol. The molecular formula is C14H21ClN2O. The second kappa shape index (κ2) is 6.53. The minimum Gasteiger partial charge on any atom is -0.387 e. The van der Waals surface area contributed by atoms with E-state index in [1.54, 1.807) is 0 Å². The van der Waals surface area contributed by atoms with Gasteiger partial charge in [0.2, 0.25) is 0 Å². The maximum Gasteiger partial charge on any atom is 0.0955 e. The van der Waals surface area contributed by atoms with Crippen LogP contribution in [0.2, 0.25) is 5.02 Å². The minimum atomic E-state index is -0.519. The number of nitrogens with zero attached hydrogens (tertiary/aromatic N) is 1. The van der Waals surface area contributed by atoms with Crippen molar-refractivity contribution in [2.75, 3.05) is 26.7 Å². The number of rotatable bonds is 5. The molecular weight excluding hydrogens is 248 g/mol. The first kappa shape index (κ1) is 13.8. The van der Waals surface area contributed by atoms with Crippen LogP contribution in [0.4, 0.5) is 0 Å². The van der Waals surface area contributed by atoms with Gasteiger partial charge < -0.3 is 15.3 Å². The van der Waals surface area contributed by atoms with Gasteiger partial charge in [0.15, 0.2) is 0 Å². The van der Waals surface area contributed by atoms with Crippen LogP contribution in [0.25, 0.3) is 0 Å². The van der Waals surface area contributed by atoms with E-state index >= 15 is 0 Å². The van der Waals surface area contributed by atoms with Crippen LogP contribution >= 0.6 is 11.6 Å². The Bertz CT molecular complexity index is 380. The van der Waals surface area contributed by atoms with Gasteiger partial charge in [-0.1, -0.05) is 23.7 Å². The molecule has 0 aromatic heterocycles. The summed E-state index contributed by atoms with van der Waals surface area (Å²) in [4.78, 5) is 2.40. The van der Waals surface area contributed by atoms with Gasteiger partial charge >= 0.3 is 0 Å². The third kappa shape index (κ3) is 3.45. The van der Waals surface area contributed by atoms with E-state index in [4.69, 9.17) is 11.6 Å². The molecule has 1 aromatic carbocycles. The fourth-order valence-corrected chi connectivity index (χ4v) is 2.71. The summed E-state index contributed by atoms with van der Waals surface area (Å²) in [6.07, 6.45) is 2.02. The van der Waals surface area contributed by atoms with Gasteiger partial charge in [0.25, 0.3) is 0 Å². The lowest BCUT2D eigenvalue weighted by atomic mass is 10.0. The Labute approximate surface area is 114 Å². The Morgan fingerprint density at radius 3 is 2.72 bits per heavy atom. The van der Waals surface area contributed by atoms with Gasteiger partial charge in [0, 0.05) is 17.6 Å². The zero-order valence-electron chi connectivity index (χ0n) is 10.8. The lowest BCUT2D eigenvalue weighted by Crippen LogP contribution is -2.42. The van der Waals surface area contributed by atoms with Crippen LogP contribution in [0, 0.1) is 0 Å². The summed E-state index contributed by atoms with van der Waals surface area (Å²) in [6.45, 7) is 3.16. The normalized spacial score (nSPS) is 19.9. The molecule has 1 fully saturated rings. The highest BCUT2D eigenvalue weighted by Gasteiger charge is 2.23. The summed E-state index contributed by atoms with van der Waals surface area (Å²) in [5.41, 5.74) is 0.876. The highest BCUT2D eigenvalue weighted by Crippen LogP contribution is 2.21. The summed E-state index contributed by atoms with van der Waals surface area (Å²) in [7, 11) is 1.90. The summed E-state index contributed by atoms with van der Waals surface area (Å²) in [5, 5.41) is 14.3. The van der Waals surface area contributed by atoms with Crippen molar-refractivity contribution >= 4 is 11.6 Å². The molecule has 1 saturated heterocycles. The molecule has 0 bridgehead atoms. The summed E-state index contributed by atoms with van der Waals surface area (Å²) >= 11 is 5.97. The Balaban J connectivity index is 2.02. The third-order valence-corrected chi connectivity index (χ3v) is 3.83. The van der Waals surface area contributed by atoms with Crippen LogP contribution in [0.3, 0.4) is 0 Å². The average molecular weight is 269 g/mol. The quantitative estimate of drug-likeness (QED) is 0.858. The number of halogens is 1. The molecule has 3 nitrogen and oxygen atoms in total. The smallest absolute Gasteiger partial charge is 0.0955 e. The molecule has 2 unspecified atom stereocenters. The molecule has 4 heteroatoms. The maximum atomic E-state index is 10.4. The highest BCUT2D eigenvalue weighted by atomic mass is 35.5. The molecule has 0 saturated carbocycles. The fourth-order valence-electron chi connectivity index (χ4n) is 2.52. The van der Waals surface area contributed by atoms with Gasteiger partial charge in [0.05, 0.1) is 6.10 Å². The van der Waals surface area contributed by atoms with Gasteiger partial charge in [-0.15, -0.1) is 0 Å². The largest absolute Gasteiger partial charge is 0.387 e. The van der Waals surface area contributed by atoms with Crippen molar-refractivity contribution in [2.24, 2.45) is 0 Å². The zero-order valence-corrected chi connectivity index (χ0v) is 11.5. The molecule has 2 N–H and O–H groups in total. The summed E-state index contributed by atoms with van der Waals surface area (Å²) in [5.74, 6) is 0. The van der Waals surface area contributed by atoms with Crippen LogP contribution in [-0.2, 0) is 0 Å². The van der Waals surface area contributed by atoms with Crippen molar-refractivity contribution in [1.29, 1.82) is 0 Å². The van der Waals surface area contributed by atoms with Crippen molar-refractivity contribution in [1.82, 2.24) is 10.2 Å². The number of benzene rings is 1. The maximum absolute atomic E-state index is 10.4. The highest BCUT2D eigenvalue weighted by molar-refractivity contribution is 6.30. The van der Waals surface area contributed by atoms with E-state index in [9.17, 15) is 5.11 Å².